The molecule has 0 unspecified atom stereocenters. The molecule has 2 aromatic rings. The molecule has 0 amide bonds. The highest BCUT2D eigenvalue weighted by molar-refractivity contribution is 5.68. The van der Waals surface area contributed by atoms with E-state index in [2.05, 4.69) is 4.98 Å². The number of carboxylic acids is 1. The molecule has 0 atom stereocenters. The van der Waals surface area contributed by atoms with Crippen LogP contribution in [0.1, 0.15) is 11.4 Å². The van der Waals surface area contributed by atoms with E-state index in [1.165, 1.54) is 12.1 Å². The zero-order chi connectivity index (χ0) is 13.3. The Labute approximate surface area is 104 Å². The SMILES string of the molecule is Cc1nc(-c2ccc(F)cc2)n(CC(=O)O)c1C. The van der Waals surface area contributed by atoms with Crippen molar-refractivity contribution in [3.8, 4) is 11.4 Å². The van der Waals surface area contributed by atoms with E-state index in [0.717, 1.165) is 11.4 Å². The van der Waals surface area contributed by atoms with Gasteiger partial charge in [-0.2, -0.15) is 0 Å². The van der Waals surface area contributed by atoms with Gasteiger partial charge in [0.1, 0.15) is 18.2 Å². The number of carbonyl (C=O) groups is 1. The minimum atomic E-state index is -0.932. The molecule has 0 saturated carbocycles. The second kappa shape index (κ2) is 4.60. The third-order valence-electron chi connectivity index (χ3n) is 2.85. The van der Waals surface area contributed by atoms with Crippen molar-refractivity contribution in [1.82, 2.24) is 9.55 Å². The van der Waals surface area contributed by atoms with Gasteiger partial charge in [-0.25, -0.2) is 9.37 Å². The summed E-state index contributed by atoms with van der Waals surface area (Å²) in [4.78, 5) is 15.2. The molecule has 1 aromatic carbocycles. The van der Waals surface area contributed by atoms with Crippen molar-refractivity contribution in [2.24, 2.45) is 0 Å². The number of aryl methyl sites for hydroxylation is 1. The molecule has 0 fully saturated rings. The Morgan fingerprint density at radius 1 is 1.33 bits per heavy atom. The zero-order valence-corrected chi connectivity index (χ0v) is 10.1. The molecule has 0 bridgehead atoms. The molecular formula is C13H13FN2O2. The van der Waals surface area contributed by atoms with Crippen LogP contribution in [0, 0.1) is 19.7 Å². The second-order valence-corrected chi connectivity index (χ2v) is 4.09. The van der Waals surface area contributed by atoms with E-state index >= 15 is 0 Å². The van der Waals surface area contributed by atoms with Crippen molar-refractivity contribution in [1.29, 1.82) is 0 Å². The van der Waals surface area contributed by atoms with E-state index in [1.54, 1.807) is 16.7 Å². The summed E-state index contributed by atoms with van der Waals surface area (Å²) in [6, 6.07) is 5.85. The number of nitrogens with zero attached hydrogens (tertiary/aromatic N) is 2. The van der Waals surface area contributed by atoms with Gasteiger partial charge in [-0.05, 0) is 38.1 Å². The lowest BCUT2D eigenvalue weighted by Gasteiger charge is -2.07. The lowest BCUT2D eigenvalue weighted by Crippen LogP contribution is -2.11. The Kier molecular flexibility index (Phi) is 3.14. The zero-order valence-electron chi connectivity index (χ0n) is 10.1. The van der Waals surface area contributed by atoms with E-state index in [4.69, 9.17) is 5.11 Å². The highest BCUT2D eigenvalue weighted by Gasteiger charge is 2.14. The number of hydrogen-bond acceptors (Lipinski definition) is 2. The summed E-state index contributed by atoms with van der Waals surface area (Å²) in [5.41, 5.74) is 2.28. The normalized spacial score (nSPS) is 10.6. The number of aliphatic carboxylic acids is 1. The van der Waals surface area contributed by atoms with E-state index in [1.807, 2.05) is 13.8 Å². The van der Waals surface area contributed by atoms with Crippen LogP contribution in [0.2, 0.25) is 0 Å². The first-order valence-electron chi connectivity index (χ1n) is 5.50. The van der Waals surface area contributed by atoms with Gasteiger partial charge in [0.25, 0.3) is 0 Å². The predicted molar refractivity (Wildman–Crippen MR) is 64.7 cm³/mol. The summed E-state index contributed by atoms with van der Waals surface area (Å²) in [6.07, 6.45) is 0. The van der Waals surface area contributed by atoms with Crippen LogP contribution in [-0.2, 0) is 11.3 Å². The first-order valence-corrected chi connectivity index (χ1v) is 5.50. The molecule has 0 aliphatic carbocycles. The van der Waals surface area contributed by atoms with E-state index in [9.17, 15) is 9.18 Å². The van der Waals surface area contributed by atoms with Gasteiger partial charge in [0, 0.05) is 11.3 Å². The van der Waals surface area contributed by atoms with Crippen LogP contribution >= 0.6 is 0 Å². The van der Waals surface area contributed by atoms with Crippen molar-refractivity contribution in [2.75, 3.05) is 0 Å². The van der Waals surface area contributed by atoms with Gasteiger partial charge in [0.15, 0.2) is 0 Å². The second-order valence-electron chi connectivity index (χ2n) is 4.09. The summed E-state index contributed by atoms with van der Waals surface area (Å²) in [5.74, 6) is -0.713. The molecule has 94 valence electrons. The van der Waals surface area contributed by atoms with Gasteiger partial charge in [-0.1, -0.05) is 0 Å². The monoisotopic (exact) mass is 248 g/mol. The van der Waals surface area contributed by atoms with Gasteiger partial charge in [0.2, 0.25) is 0 Å². The Balaban J connectivity index is 2.53. The Bertz CT molecular complexity index is 588. The van der Waals surface area contributed by atoms with Crippen molar-refractivity contribution >= 4 is 5.97 Å². The first-order chi connectivity index (χ1) is 8.49. The summed E-state index contributed by atoms with van der Waals surface area (Å²) in [6.45, 7) is 3.48. The average molecular weight is 248 g/mol. The van der Waals surface area contributed by atoms with Gasteiger partial charge < -0.3 is 9.67 Å². The number of hydrogen-bond donors (Lipinski definition) is 1. The highest BCUT2D eigenvalue weighted by atomic mass is 19.1. The van der Waals surface area contributed by atoms with Crippen LogP contribution < -0.4 is 0 Å². The molecule has 1 heterocycles. The van der Waals surface area contributed by atoms with Gasteiger partial charge in [0.05, 0.1) is 5.69 Å². The smallest absolute Gasteiger partial charge is 0.323 e. The van der Waals surface area contributed by atoms with Crippen molar-refractivity contribution in [2.45, 2.75) is 20.4 Å². The Morgan fingerprint density at radius 3 is 2.50 bits per heavy atom. The molecule has 5 heteroatoms. The lowest BCUT2D eigenvalue weighted by molar-refractivity contribution is -0.137. The first kappa shape index (κ1) is 12.3. The maximum absolute atomic E-state index is 12.9. The third-order valence-corrected chi connectivity index (χ3v) is 2.85. The van der Waals surface area contributed by atoms with Crippen molar-refractivity contribution < 1.29 is 14.3 Å². The quantitative estimate of drug-likeness (QED) is 0.907. The topological polar surface area (TPSA) is 55.1 Å². The standard InChI is InChI=1S/C13H13FN2O2/c1-8-9(2)16(7-12(17)18)13(15-8)10-3-5-11(14)6-4-10/h3-6H,7H2,1-2H3,(H,17,18). The molecule has 0 saturated heterocycles. The van der Waals surface area contributed by atoms with Gasteiger partial charge in [-0.15, -0.1) is 0 Å². The summed E-state index contributed by atoms with van der Waals surface area (Å²) < 4.78 is 14.5. The predicted octanol–water partition coefficient (Wildman–Crippen LogP) is 2.39. The Morgan fingerprint density at radius 2 is 1.94 bits per heavy atom. The maximum atomic E-state index is 12.9. The van der Waals surface area contributed by atoms with Crippen LogP contribution in [0.15, 0.2) is 24.3 Å². The average Bonchev–Trinajstić information content (AvgIpc) is 2.58. The number of carboxylic acid groups (broad SMARTS) is 1. The Hall–Kier alpha value is -2.17. The van der Waals surface area contributed by atoms with E-state index in [0.29, 0.717) is 11.4 Å². The van der Waals surface area contributed by atoms with Crippen molar-refractivity contribution in [3.05, 3.63) is 41.5 Å². The number of imidazole rings is 1. The summed E-state index contributed by atoms with van der Waals surface area (Å²) >= 11 is 0. The summed E-state index contributed by atoms with van der Waals surface area (Å²) in [7, 11) is 0. The van der Waals surface area contributed by atoms with Crippen LogP contribution in [0.4, 0.5) is 4.39 Å². The number of halogens is 1. The fourth-order valence-corrected chi connectivity index (χ4v) is 1.80. The molecular weight excluding hydrogens is 235 g/mol. The molecule has 0 radical (unpaired) electrons. The van der Waals surface area contributed by atoms with Crippen LogP contribution in [0.3, 0.4) is 0 Å². The number of benzene rings is 1. The van der Waals surface area contributed by atoms with Gasteiger partial charge in [-0.3, -0.25) is 4.79 Å². The summed E-state index contributed by atoms with van der Waals surface area (Å²) in [5, 5.41) is 8.91. The molecule has 2 rings (SSSR count). The molecule has 1 N–H and O–H groups in total. The molecule has 0 aliphatic rings. The third kappa shape index (κ3) is 2.25. The van der Waals surface area contributed by atoms with Crippen LogP contribution in [0.5, 0.6) is 0 Å². The molecule has 0 spiro atoms. The highest BCUT2D eigenvalue weighted by Crippen LogP contribution is 2.22. The minimum absolute atomic E-state index is 0.153. The van der Waals surface area contributed by atoms with E-state index < -0.39 is 5.97 Å². The molecule has 18 heavy (non-hydrogen) atoms. The maximum Gasteiger partial charge on any atom is 0.323 e. The van der Waals surface area contributed by atoms with E-state index in [-0.39, 0.29) is 12.4 Å². The number of rotatable bonds is 3. The fraction of sp³-hybridized carbons (Fsp3) is 0.231. The molecule has 4 nitrogen and oxygen atoms in total. The number of aromatic nitrogens is 2. The van der Waals surface area contributed by atoms with Crippen molar-refractivity contribution in [3.63, 3.8) is 0 Å². The van der Waals surface area contributed by atoms with Crippen LogP contribution in [-0.4, -0.2) is 20.6 Å². The van der Waals surface area contributed by atoms with Gasteiger partial charge >= 0.3 is 5.97 Å². The largest absolute Gasteiger partial charge is 0.480 e. The molecule has 1 aromatic heterocycles. The lowest BCUT2D eigenvalue weighted by atomic mass is 10.2. The fourth-order valence-electron chi connectivity index (χ4n) is 1.80. The minimum Gasteiger partial charge on any atom is -0.480 e. The van der Waals surface area contributed by atoms with Crippen LogP contribution in [0.25, 0.3) is 11.4 Å². The molecule has 0 aliphatic heterocycles.